The molecule has 0 aromatic heterocycles. The van der Waals surface area contributed by atoms with Crippen molar-refractivity contribution in [1.82, 2.24) is 4.90 Å². The van der Waals surface area contributed by atoms with Gasteiger partial charge in [0.2, 0.25) is 5.91 Å². The summed E-state index contributed by atoms with van der Waals surface area (Å²) in [6, 6.07) is 12.1. The van der Waals surface area contributed by atoms with Crippen LogP contribution in [0.5, 0.6) is 11.5 Å². The predicted molar refractivity (Wildman–Crippen MR) is 113 cm³/mol. The average Bonchev–Trinajstić information content (AvgIpc) is 2.74. The van der Waals surface area contributed by atoms with Gasteiger partial charge in [-0.2, -0.15) is 0 Å². The Kier molecular flexibility index (Phi) is 7.11. The van der Waals surface area contributed by atoms with Crippen LogP contribution in [0.4, 0.5) is 10.1 Å². The predicted octanol–water partition coefficient (Wildman–Crippen LogP) is 3.99. The maximum absolute atomic E-state index is 13.1. The molecule has 1 fully saturated rings. The van der Waals surface area contributed by atoms with Gasteiger partial charge in [-0.25, -0.2) is 4.39 Å². The molecule has 3 rings (SSSR count). The number of ether oxygens (including phenoxy) is 2. The Balaban J connectivity index is 1.58. The third-order valence-electron chi connectivity index (χ3n) is 4.77. The summed E-state index contributed by atoms with van der Waals surface area (Å²) < 4.78 is 24.3. The minimum atomic E-state index is -0.241. The minimum absolute atomic E-state index is 0.0180. The molecule has 2 aromatic carbocycles. The van der Waals surface area contributed by atoms with E-state index in [1.165, 1.54) is 12.1 Å². The lowest BCUT2D eigenvalue weighted by atomic mass is 10.1. The van der Waals surface area contributed by atoms with Gasteiger partial charge in [-0.1, -0.05) is 6.07 Å². The molecule has 29 heavy (non-hydrogen) atoms. The van der Waals surface area contributed by atoms with E-state index in [0.717, 1.165) is 24.3 Å². The van der Waals surface area contributed by atoms with Crippen LogP contribution < -0.4 is 14.4 Å². The van der Waals surface area contributed by atoms with Crippen molar-refractivity contribution in [3.63, 3.8) is 0 Å². The van der Waals surface area contributed by atoms with Gasteiger partial charge in [0, 0.05) is 37.9 Å². The highest BCUT2D eigenvalue weighted by Gasteiger charge is 2.19. The van der Waals surface area contributed by atoms with Crippen LogP contribution in [-0.4, -0.2) is 50.2 Å². The van der Waals surface area contributed by atoms with Crippen molar-refractivity contribution in [3.8, 4) is 11.5 Å². The van der Waals surface area contributed by atoms with Gasteiger partial charge in [0.05, 0.1) is 13.2 Å². The van der Waals surface area contributed by atoms with Crippen LogP contribution in [-0.2, 0) is 4.79 Å². The monoisotopic (exact) mass is 398 g/mol. The van der Waals surface area contributed by atoms with E-state index < -0.39 is 0 Å². The largest absolute Gasteiger partial charge is 0.490 e. The molecule has 1 heterocycles. The first-order valence-corrected chi connectivity index (χ1v) is 9.98. The molecule has 5 nitrogen and oxygen atoms in total. The molecule has 2 aromatic rings. The molecule has 0 unspecified atom stereocenters. The summed E-state index contributed by atoms with van der Waals surface area (Å²) in [7, 11) is 0. The number of piperazine rings is 1. The lowest BCUT2D eigenvalue weighted by molar-refractivity contribution is -0.126. The van der Waals surface area contributed by atoms with Crippen LogP contribution >= 0.6 is 0 Å². The molecule has 0 aliphatic carbocycles. The van der Waals surface area contributed by atoms with Gasteiger partial charge in [0.25, 0.3) is 0 Å². The maximum Gasteiger partial charge on any atom is 0.246 e. The van der Waals surface area contributed by atoms with Gasteiger partial charge in [-0.05, 0) is 61.9 Å². The van der Waals surface area contributed by atoms with Gasteiger partial charge in [-0.15, -0.1) is 0 Å². The average molecular weight is 398 g/mol. The summed E-state index contributed by atoms with van der Waals surface area (Å²) in [5.74, 6) is 1.12. The third-order valence-corrected chi connectivity index (χ3v) is 4.77. The number of carbonyl (C=O) groups is 1. The van der Waals surface area contributed by atoms with E-state index in [-0.39, 0.29) is 11.7 Å². The summed E-state index contributed by atoms with van der Waals surface area (Å²) in [6.45, 7) is 7.68. The summed E-state index contributed by atoms with van der Waals surface area (Å²) in [5.41, 5.74) is 1.86. The number of anilines is 1. The zero-order valence-electron chi connectivity index (χ0n) is 16.9. The molecule has 154 valence electrons. The number of hydrogen-bond acceptors (Lipinski definition) is 4. The maximum atomic E-state index is 13.1. The van der Waals surface area contributed by atoms with Crippen molar-refractivity contribution in [2.75, 3.05) is 44.3 Å². The number of carbonyl (C=O) groups excluding carboxylic acids is 1. The van der Waals surface area contributed by atoms with Crippen LogP contribution in [0.2, 0.25) is 0 Å². The number of benzene rings is 2. The molecule has 0 saturated carbocycles. The molecule has 1 aliphatic heterocycles. The Morgan fingerprint density at radius 1 is 0.966 bits per heavy atom. The van der Waals surface area contributed by atoms with Gasteiger partial charge < -0.3 is 19.3 Å². The van der Waals surface area contributed by atoms with Crippen molar-refractivity contribution in [3.05, 3.63) is 59.9 Å². The molecule has 0 radical (unpaired) electrons. The van der Waals surface area contributed by atoms with E-state index >= 15 is 0 Å². The minimum Gasteiger partial charge on any atom is -0.490 e. The Morgan fingerprint density at radius 3 is 2.28 bits per heavy atom. The molecule has 0 spiro atoms. The van der Waals surface area contributed by atoms with E-state index in [9.17, 15) is 9.18 Å². The second-order valence-corrected chi connectivity index (χ2v) is 6.69. The lowest BCUT2D eigenvalue weighted by Crippen LogP contribution is -2.48. The zero-order chi connectivity index (χ0) is 20.6. The Labute approximate surface area is 171 Å². The van der Waals surface area contributed by atoms with Crippen LogP contribution in [0.3, 0.4) is 0 Å². The van der Waals surface area contributed by atoms with Crippen LogP contribution in [0.15, 0.2) is 48.5 Å². The van der Waals surface area contributed by atoms with Crippen molar-refractivity contribution >= 4 is 17.7 Å². The fourth-order valence-corrected chi connectivity index (χ4v) is 3.28. The highest BCUT2D eigenvalue weighted by Crippen LogP contribution is 2.29. The fourth-order valence-electron chi connectivity index (χ4n) is 3.28. The second-order valence-electron chi connectivity index (χ2n) is 6.69. The third kappa shape index (κ3) is 5.50. The van der Waals surface area contributed by atoms with Crippen molar-refractivity contribution in [1.29, 1.82) is 0 Å². The van der Waals surface area contributed by atoms with Gasteiger partial charge in [0.15, 0.2) is 11.5 Å². The first-order chi connectivity index (χ1) is 14.1. The van der Waals surface area contributed by atoms with E-state index in [1.807, 2.05) is 36.9 Å². The molecule has 1 amide bonds. The van der Waals surface area contributed by atoms with Crippen molar-refractivity contribution in [2.24, 2.45) is 0 Å². The SMILES string of the molecule is CCOc1ccc(/C=C/C(=O)N2CCN(c3ccc(F)cc3)CC2)cc1OCC. The molecule has 1 saturated heterocycles. The topological polar surface area (TPSA) is 42.0 Å². The van der Waals surface area contributed by atoms with Gasteiger partial charge >= 0.3 is 0 Å². The highest BCUT2D eigenvalue weighted by molar-refractivity contribution is 5.92. The number of nitrogens with zero attached hydrogens (tertiary/aromatic N) is 2. The number of rotatable bonds is 7. The molecule has 6 heteroatoms. The number of hydrogen-bond donors (Lipinski definition) is 0. The number of amides is 1. The van der Waals surface area contributed by atoms with Crippen molar-refractivity contribution in [2.45, 2.75) is 13.8 Å². The Hall–Kier alpha value is -3.02. The summed E-state index contributed by atoms with van der Waals surface area (Å²) in [4.78, 5) is 16.5. The lowest BCUT2D eigenvalue weighted by Gasteiger charge is -2.35. The van der Waals surface area contributed by atoms with E-state index in [2.05, 4.69) is 4.90 Å². The summed E-state index contributed by atoms with van der Waals surface area (Å²) in [5, 5.41) is 0. The normalized spacial score (nSPS) is 14.3. The van der Waals surface area contributed by atoms with Gasteiger partial charge in [0.1, 0.15) is 5.82 Å². The zero-order valence-corrected chi connectivity index (χ0v) is 16.9. The molecule has 1 aliphatic rings. The second kappa shape index (κ2) is 9.96. The first kappa shape index (κ1) is 20.7. The van der Waals surface area contributed by atoms with Crippen LogP contribution in [0.25, 0.3) is 6.08 Å². The quantitative estimate of drug-likeness (QED) is 0.662. The first-order valence-electron chi connectivity index (χ1n) is 9.98. The summed E-state index contributed by atoms with van der Waals surface area (Å²) >= 11 is 0. The fraction of sp³-hybridized carbons (Fsp3) is 0.348. The molecular formula is C23H27FN2O3. The number of halogens is 1. The van der Waals surface area contributed by atoms with Gasteiger partial charge in [-0.3, -0.25) is 4.79 Å². The Morgan fingerprint density at radius 2 is 1.62 bits per heavy atom. The molecule has 0 atom stereocenters. The molecule has 0 bridgehead atoms. The van der Waals surface area contributed by atoms with E-state index in [0.29, 0.717) is 37.8 Å². The standard InChI is InChI=1S/C23H27FN2O3/c1-3-28-21-11-5-18(17-22(21)29-4-2)6-12-23(27)26-15-13-25(14-16-26)20-9-7-19(24)8-10-20/h5-12,17H,3-4,13-16H2,1-2H3/b12-6+. The van der Waals surface area contributed by atoms with Crippen LogP contribution in [0, 0.1) is 5.82 Å². The van der Waals surface area contributed by atoms with E-state index in [4.69, 9.17) is 9.47 Å². The highest BCUT2D eigenvalue weighted by atomic mass is 19.1. The van der Waals surface area contributed by atoms with Crippen molar-refractivity contribution < 1.29 is 18.7 Å². The smallest absolute Gasteiger partial charge is 0.246 e. The molecule has 0 N–H and O–H groups in total. The molecular weight excluding hydrogens is 371 g/mol. The van der Waals surface area contributed by atoms with E-state index in [1.54, 1.807) is 24.3 Å². The van der Waals surface area contributed by atoms with Crippen LogP contribution in [0.1, 0.15) is 19.4 Å². The summed E-state index contributed by atoms with van der Waals surface area (Å²) in [6.07, 6.45) is 3.39. The Bertz CT molecular complexity index is 844.